The van der Waals surface area contributed by atoms with E-state index in [0.717, 1.165) is 25.9 Å². The van der Waals surface area contributed by atoms with Gasteiger partial charge in [-0.3, -0.25) is 19.3 Å². The molecule has 1 aliphatic heterocycles. The molecule has 25 heavy (non-hydrogen) atoms. The van der Waals surface area contributed by atoms with Crippen molar-refractivity contribution in [2.24, 2.45) is 13.0 Å². The number of nitrogens with zero attached hydrogens (tertiary/aromatic N) is 4. The van der Waals surface area contributed by atoms with Gasteiger partial charge in [-0.15, -0.1) is 0 Å². The third kappa shape index (κ3) is 3.89. The van der Waals surface area contributed by atoms with Crippen molar-refractivity contribution in [3.63, 3.8) is 0 Å². The lowest BCUT2D eigenvalue weighted by molar-refractivity contribution is 0.0929. The summed E-state index contributed by atoms with van der Waals surface area (Å²) in [4.78, 5) is 33.8. The first-order chi connectivity index (χ1) is 11.9. The number of H-pyrrole nitrogens is 1. The highest BCUT2D eigenvalue weighted by Crippen LogP contribution is 2.20. The molecular weight excluding hydrogens is 320 g/mol. The summed E-state index contributed by atoms with van der Waals surface area (Å²) in [5.74, 6) is 1.03. The van der Waals surface area contributed by atoms with Crippen LogP contribution in [0.15, 0.2) is 23.1 Å². The number of carbonyl (C=O) groups excluding carboxylic acids is 1. The number of amides is 1. The number of anilines is 1. The molecule has 1 amide bonds. The molecule has 0 aliphatic carbocycles. The van der Waals surface area contributed by atoms with Crippen molar-refractivity contribution in [1.82, 2.24) is 25.1 Å². The Hall–Kier alpha value is -2.64. The Morgan fingerprint density at radius 1 is 1.40 bits per heavy atom. The lowest BCUT2D eigenvalue weighted by Crippen LogP contribution is -2.36. The summed E-state index contributed by atoms with van der Waals surface area (Å²) in [5, 5.41) is 6.86. The normalized spacial score (nSPS) is 16.7. The average Bonchev–Trinajstić information content (AvgIpc) is 3.01. The molecule has 0 unspecified atom stereocenters. The number of carbonyl (C=O) groups is 1. The van der Waals surface area contributed by atoms with Crippen LogP contribution < -0.4 is 15.8 Å². The van der Waals surface area contributed by atoms with Crippen LogP contribution in [-0.2, 0) is 7.05 Å². The van der Waals surface area contributed by atoms with Gasteiger partial charge in [-0.2, -0.15) is 5.10 Å². The molecule has 0 radical (unpaired) electrons. The van der Waals surface area contributed by atoms with E-state index in [1.165, 1.54) is 10.7 Å². The minimum absolute atomic E-state index is 0.208. The Bertz CT molecular complexity index is 803. The largest absolute Gasteiger partial charge is 0.343 e. The van der Waals surface area contributed by atoms with Gasteiger partial charge in [0.2, 0.25) is 5.95 Å². The maximum absolute atomic E-state index is 12.3. The standard InChI is InChI=1S/C17H24N6O2/c1-11-5-8-23(9-6-11)17-20-13(10-15(24)21-17)12(2)19-16(25)14-4-7-18-22(14)3/h4,7,10-12H,5-6,8-9H2,1-3H3,(H,19,25)(H,20,21,24)/t12-/m0/s1. The lowest BCUT2D eigenvalue weighted by atomic mass is 10.00. The summed E-state index contributed by atoms with van der Waals surface area (Å²) in [6.45, 7) is 5.81. The molecule has 3 heterocycles. The number of nitrogens with one attached hydrogen (secondary N) is 2. The second kappa shape index (κ2) is 7.08. The van der Waals surface area contributed by atoms with Crippen molar-refractivity contribution >= 4 is 11.9 Å². The fourth-order valence-corrected chi connectivity index (χ4v) is 3.00. The van der Waals surface area contributed by atoms with E-state index in [0.29, 0.717) is 23.3 Å². The number of rotatable bonds is 4. The van der Waals surface area contributed by atoms with Crippen molar-refractivity contribution in [2.75, 3.05) is 18.0 Å². The minimum Gasteiger partial charge on any atom is -0.343 e. The molecule has 0 bridgehead atoms. The number of hydrogen-bond acceptors (Lipinski definition) is 5. The van der Waals surface area contributed by atoms with Crippen LogP contribution in [0.1, 0.15) is 48.9 Å². The highest BCUT2D eigenvalue weighted by atomic mass is 16.2. The fourth-order valence-electron chi connectivity index (χ4n) is 3.00. The van der Waals surface area contributed by atoms with Crippen molar-refractivity contribution in [3.05, 3.63) is 40.1 Å². The first-order valence-electron chi connectivity index (χ1n) is 8.59. The quantitative estimate of drug-likeness (QED) is 0.870. The Morgan fingerprint density at radius 3 is 2.76 bits per heavy atom. The van der Waals surface area contributed by atoms with Gasteiger partial charge >= 0.3 is 0 Å². The Morgan fingerprint density at radius 2 is 2.12 bits per heavy atom. The third-order valence-corrected chi connectivity index (χ3v) is 4.68. The molecule has 8 nitrogen and oxygen atoms in total. The molecule has 1 saturated heterocycles. The molecule has 0 spiro atoms. The maximum atomic E-state index is 12.3. The van der Waals surface area contributed by atoms with E-state index in [4.69, 9.17) is 0 Å². The number of hydrogen-bond donors (Lipinski definition) is 2. The number of aromatic nitrogens is 4. The van der Waals surface area contributed by atoms with Gasteiger partial charge in [-0.1, -0.05) is 6.92 Å². The van der Waals surface area contributed by atoms with Crippen LogP contribution in [-0.4, -0.2) is 38.7 Å². The molecule has 2 aromatic heterocycles. The third-order valence-electron chi connectivity index (χ3n) is 4.68. The van der Waals surface area contributed by atoms with Crippen molar-refractivity contribution < 1.29 is 4.79 Å². The monoisotopic (exact) mass is 344 g/mol. The molecule has 2 aromatic rings. The summed E-state index contributed by atoms with van der Waals surface area (Å²) >= 11 is 0. The first kappa shape index (κ1) is 17.2. The van der Waals surface area contributed by atoms with Gasteiger partial charge in [0.1, 0.15) is 5.69 Å². The zero-order valence-electron chi connectivity index (χ0n) is 14.8. The highest BCUT2D eigenvalue weighted by molar-refractivity contribution is 5.92. The molecule has 0 aromatic carbocycles. The first-order valence-corrected chi connectivity index (χ1v) is 8.59. The summed E-state index contributed by atoms with van der Waals surface area (Å²) in [6.07, 6.45) is 3.74. The molecule has 0 saturated carbocycles. The predicted molar refractivity (Wildman–Crippen MR) is 94.6 cm³/mol. The fraction of sp³-hybridized carbons (Fsp3) is 0.529. The molecule has 1 fully saturated rings. The summed E-state index contributed by atoms with van der Waals surface area (Å²) in [6, 6.07) is 2.70. The van der Waals surface area contributed by atoms with Crippen LogP contribution in [0.3, 0.4) is 0 Å². The van der Waals surface area contributed by atoms with Gasteiger partial charge in [0, 0.05) is 32.4 Å². The minimum atomic E-state index is -0.382. The number of aryl methyl sites for hydroxylation is 1. The van der Waals surface area contributed by atoms with Gasteiger partial charge in [0.25, 0.3) is 11.5 Å². The van der Waals surface area contributed by atoms with Gasteiger partial charge in [0.05, 0.1) is 11.7 Å². The van der Waals surface area contributed by atoms with Crippen LogP contribution in [0.2, 0.25) is 0 Å². The molecule has 2 N–H and O–H groups in total. The van der Waals surface area contributed by atoms with Crippen molar-refractivity contribution in [1.29, 1.82) is 0 Å². The topological polar surface area (TPSA) is 95.9 Å². The molecule has 1 atom stereocenters. The summed E-state index contributed by atoms with van der Waals surface area (Å²) in [7, 11) is 1.71. The second-order valence-electron chi connectivity index (χ2n) is 6.70. The number of aromatic amines is 1. The van der Waals surface area contributed by atoms with Crippen molar-refractivity contribution in [2.45, 2.75) is 32.7 Å². The summed E-state index contributed by atoms with van der Waals surface area (Å²) in [5.41, 5.74) is 0.801. The molecule has 8 heteroatoms. The van der Waals surface area contributed by atoms with E-state index >= 15 is 0 Å². The van der Waals surface area contributed by atoms with Crippen LogP contribution in [0.4, 0.5) is 5.95 Å². The smallest absolute Gasteiger partial charge is 0.270 e. The molecule has 3 rings (SSSR count). The molecule has 1 aliphatic rings. The van der Waals surface area contributed by atoms with Gasteiger partial charge < -0.3 is 10.2 Å². The Labute approximate surface area is 146 Å². The Balaban J connectivity index is 1.76. The van der Waals surface area contributed by atoms with E-state index in [-0.39, 0.29) is 17.5 Å². The predicted octanol–water partition coefficient (Wildman–Crippen LogP) is 1.23. The second-order valence-corrected chi connectivity index (χ2v) is 6.70. The lowest BCUT2D eigenvalue weighted by Gasteiger charge is -2.31. The highest BCUT2D eigenvalue weighted by Gasteiger charge is 2.20. The van der Waals surface area contributed by atoms with E-state index in [1.807, 2.05) is 6.92 Å². The van der Waals surface area contributed by atoms with Crippen LogP contribution >= 0.6 is 0 Å². The molecule has 134 valence electrons. The van der Waals surface area contributed by atoms with Crippen molar-refractivity contribution in [3.8, 4) is 0 Å². The SMILES string of the molecule is CC1CCN(c2nc([C@H](C)NC(=O)c3ccnn3C)cc(=O)[nH]2)CC1. The number of piperidine rings is 1. The summed E-state index contributed by atoms with van der Waals surface area (Å²) < 4.78 is 1.51. The zero-order valence-corrected chi connectivity index (χ0v) is 14.8. The Kier molecular flexibility index (Phi) is 4.87. The average molecular weight is 344 g/mol. The zero-order chi connectivity index (χ0) is 18.0. The van der Waals surface area contributed by atoms with Gasteiger partial charge in [-0.25, -0.2) is 4.98 Å². The van der Waals surface area contributed by atoms with E-state index < -0.39 is 0 Å². The molecular formula is C17H24N6O2. The van der Waals surface area contributed by atoms with Crippen LogP contribution in [0.5, 0.6) is 0 Å². The van der Waals surface area contributed by atoms with E-state index in [9.17, 15) is 9.59 Å². The van der Waals surface area contributed by atoms with Crippen LogP contribution in [0.25, 0.3) is 0 Å². The van der Waals surface area contributed by atoms with Gasteiger partial charge in [0.15, 0.2) is 0 Å². The van der Waals surface area contributed by atoms with Crippen LogP contribution in [0, 0.1) is 5.92 Å². The van der Waals surface area contributed by atoms with Gasteiger partial charge in [-0.05, 0) is 31.7 Å². The van der Waals surface area contributed by atoms with E-state index in [1.54, 1.807) is 19.3 Å². The maximum Gasteiger partial charge on any atom is 0.270 e. The van der Waals surface area contributed by atoms with E-state index in [2.05, 4.69) is 32.2 Å².